The van der Waals surface area contributed by atoms with Crippen LogP contribution in [-0.4, -0.2) is 39.5 Å². The molecule has 2 aromatic heterocycles. The number of benzene rings is 1. The summed E-state index contributed by atoms with van der Waals surface area (Å²) in [6, 6.07) is 9.18. The number of carbonyl (C=O) groups excluding carboxylic acids is 3. The first kappa shape index (κ1) is 22.0. The summed E-state index contributed by atoms with van der Waals surface area (Å²) < 4.78 is 6.87. The van der Waals surface area contributed by atoms with Gasteiger partial charge in [0.15, 0.2) is 0 Å². The Morgan fingerprint density at radius 3 is 2.67 bits per heavy atom. The van der Waals surface area contributed by atoms with E-state index in [0.29, 0.717) is 28.5 Å². The number of rotatable bonds is 5. The monoisotopic (exact) mass is 449 g/mol. The normalized spacial score (nSPS) is 17.9. The van der Waals surface area contributed by atoms with E-state index < -0.39 is 28.8 Å². The molecule has 10 heteroatoms. The fourth-order valence-corrected chi connectivity index (χ4v) is 3.79. The Labute approximate surface area is 189 Å². The zero-order valence-electron chi connectivity index (χ0n) is 18.6. The molecule has 1 aliphatic heterocycles. The van der Waals surface area contributed by atoms with Crippen LogP contribution in [0.1, 0.15) is 35.5 Å². The van der Waals surface area contributed by atoms with E-state index in [4.69, 9.17) is 4.74 Å². The van der Waals surface area contributed by atoms with Crippen molar-refractivity contribution in [1.29, 1.82) is 0 Å². The third kappa shape index (κ3) is 3.59. The highest BCUT2D eigenvalue weighted by molar-refractivity contribution is 6.09. The summed E-state index contributed by atoms with van der Waals surface area (Å²) in [5.74, 6) is -1.05. The fourth-order valence-electron chi connectivity index (χ4n) is 3.79. The highest BCUT2D eigenvalue weighted by atomic mass is 16.5. The van der Waals surface area contributed by atoms with E-state index in [2.05, 4.69) is 15.7 Å². The first-order valence-electron chi connectivity index (χ1n) is 10.3. The molecule has 0 unspecified atom stereocenters. The Morgan fingerprint density at radius 2 is 1.97 bits per heavy atom. The molecular formula is C23H23N5O5. The van der Waals surface area contributed by atoms with Gasteiger partial charge < -0.3 is 14.6 Å². The molecule has 0 radical (unpaired) electrons. The lowest BCUT2D eigenvalue weighted by Gasteiger charge is -2.22. The number of ether oxygens (including phenoxy) is 1. The number of aromatic nitrogens is 2. The molecule has 1 fully saturated rings. The predicted molar refractivity (Wildman–Crippen MR) is 120 cm³/mol. The van der Waals surface area contributed by atoms with Crippen LogP contribution in [-0.2, 0) is 16.9 Å². The smallest absolute Gasteiger partial charge is 0.344 e. The molecule has 170 valence electrons. The number of urea groups is 1. The molecule has 0 saturated carbocycles. The molecule has 3 aromatic rings. The minimum absolute atomic E-state index is 0.203. The van der Waals surface area contributed by atoms with Crippen molar-refractivity contribution >= 4 is 28.9 Å². The highest BCUT2D eigenvalue weighted by Crippen LogP contribution is 2.30. The molecule has 0 spiro atoms. The van der Waals surface area contributed by atoms with Gasteiger partial charge in [0.1, 0.15) is 22.5 Å². The number of hydrogen-bond acceptors (Lipinski definition) is 6. The van der Waals surface area contributed by atoms with Crippen molar-refractivity contribution in [3.8, 4) is 5.75 Å². The fraction of sp³-hybridized carbons (Fsp3) is 0.261. The molecule has 1 aliphatic rings. The summed E-state index contributed by atoms with van der Waals surface area (Å²) in [5, 5.41) is 3.47. The van der Waals surface area contributed by atoms with Gasteiger partial charge in [0.2, 0.25) is 5.43 Å². The lowest BCUT2D eigenvalue weighted by atomic mass is 9.92. The van der Waals surface area contributed by atoms with Gasteiger partial charge in [0.05, 0.1) is 12.5 Å². The Balaban J connectivity index is 1.68. The van der Waals surface area contributed by atoms with Gasteiger partial charge in [0, 0.05) is 18.4 Å². The van der Waals surface area contributed by atoms with Crippen LogP contribution in [0.3, 0.4) is 0 Å². The van der Waals surface area contributed by atoms with E-state index in [1.807, 2.05) is 13.8 Å². The van der Waals surface area contributed by atoms with Gasteiger partial charge in [-0.15, -0.1) is 0 Å². The van der Waals surface area contributed by atoms with E-state index in [1.54, 1.807) is 41.0 Å². The zero-order chi connectivity index (χ0) is 23.9. The van der Waals surface area contributed by atoms with Crippen LogP contribution in [0.5, 0.6) is 5.75 Å². The number of hydrazine groups is 1. The number of amides is 4. The molecule has 33 heavy (non-hydrogen) atoms. The lowest BCUT2D eigenvalue weighted by Crippen LogP contribution is -2.48. The number of hydrogen-bond donors (Lipinski definition) is 2. The molecule has 3 heterocycles. The number of carbonyl (C=O) groups is 3. The Kier molecular flexibility index (Phi) is 5.36. The van der Waals surface area contributed by atoms with E-state index in [0.717, 1.165) is 5.69 Å². The molecule has 1 atom stereocenters. The second-order valence-corrected chi connectivity index (χ2v) is 7.85. The Hall–Kier alpha value is -4.21. The molecular weight excluding hydrogens is 426 g/mol. The molecule has 2 N–H and O–H groups in total. The summed E-state index contributed by atoms with van der Waals surface area (Å²) in [7, 11) is 1.49. The SMILES string of the molecule is CCn1cc(C(=O)NN2C(=O)N[C@@](C)(c3cccc(OC)c3)C2=O)c(=O)c2ccc(C)nc21. The number of imide groups is 1. The molecule has 0 bridgehead atoms. The van der Waals surface area contributed by atoms with Crippen molar-refractivity contribution in [2.75, 3.05) is 7.11 Å². The van der Waals surface area contributed by atoms with Gasteiger partial charge in [-0.1, -0.05) is 12.1 Å². The van der Waals surface area contributed by atoms with Crippen LogP contribution in [0.15, 0.2) is 47.4 Å². The maximum atomic E-state index is 13.2. The quantitative estimate of drug-likeness (QED) is 0.573. The topological polar surface area (TPSA) is 123 Å². The van der Waals surface area contributed by atoms with E-state index in [9.17, 15) is 19.2 Å². The van der Waals surface area contributed by atoms with Crippen molar-refractivity contribution in [1.82, 2.24) is 25.3 Å². The largest absolute Gasteiger partial charge is 0.497 e. The first-order valence-corrected chi connectivity index (χ1v) is 10.3. The lowest BCUT2D eigenvalue weighted by molar-refractivity contribution is -0.132. The van der Waals surface area contributed by atoms with E-state index >= 15 is 0 Å². The molecule has 4 amide bonds. The van der Waals surface area contributed by atoms with Crippen molar-refractivity contribution in [3.63, 3.8) is 0 Å². The van der Waals surface area contributed by atoms with Gasteiger partial charge in [-0.05, 0) is 50.6 Å². The zero-order valence-corrected chi connectivity index (χ0v) is 18.6. The third-order valence-corrected chi connectivity index (χ3v) is 5.70. The maximum absolute atomic E-state index is 13.2. The van der Waals surface area contributed by atoms with Crippen LogP contribution in [0.25, 0.3) is 11.0 Å². The number of nitrogens with one attached hydrogen (secondary N) is 2. The first-order chi connectivity index (χ1) is 15.7. The van der Waals surface area contributed by atoms with E-state index in [1.165, 1.54) is 20.2 Å². The number of aryl methyl sites for hydroxylation is 2. The van der Waals surface area contributed by atoms with Crippen LogP contribution in [0, 0.1) is 6.92 Å². The number of methoxy groups -OCH3 is 1. The van der Waals surface area contributed by atoms with E-state index in [-0.39, 0.29) is 10.9 Å². The van der Waals surface area contributed by atoms with Gasteiger partial charge in [-0.2, -0.15) is 5.01 Å². The molecule has 4 rings (SSSR count). The minimum Gasteiger partial charge on any atom is -0.497 e. The second kappa shape index (κ2) is 8.05. The van der Waals surface area contributed by atoms with Crippen LogP contribution < -0.4 is 20.9 Å². The van der Waals surface area contributed by atoms with Gasteiger partial charge >= 0.3 is 6.03 Å². The van der Waals surface area contributed by atoms with Crippen molar-refractivity contribution in [3.05, 3.63) is 69.6 Å². The standard InChI is InChI=1S/C23H23N5O5/c1-5-27-12-17(18(29)16-10-9-13(2)24-19(16)27)20(30)26-28-21(31)23(3,25-22(28)32)14-7-6-8-15(11-14)33-4/h6-12H,5H2,1-4H3,(H,25,32)(H,26,30)/t23-/m0/s1. The Bertz CT molecular complexity index is 1370. The number of pyridine rings is 2. The van der Waals surface area contributed by atoms with Crippen LogP contribution in [0.2, 0.25) is 0 Å². The van der Waals surface area contributed by atoms with Gasteiger partial charge in [0.25, 0.3) is 11.8 Å². The predicted octanol–water partition coefficient (Wildman–Crippen LogP) is 1.85. The second-order valence-electron chi connectivity index (χ2n) is 7.85. The van der Waals surface area contributed by atoms with Crippen molar-refractivity contribution in [2.24, 2.45) is 0 Å². The third-order valence-electron chi connectivity index (χ3n) is 5.70. The molecule has 10 nitrogen and oxygen atoms in total. The van der Waals surface area contributed by atoms with Gasteiger partial charge in [-0.25, -0.2) is 9.78 Å². The molecule has 0 aliphatic carbocycles. The van der Waals surface area contributed by atoms with Crippen LogP contribution in [0.4, 0.5) is 4.79 Å². The van der Waals surface area contributed by atoms with Crippen LogP contribution >= 0.6 is 0 Å². The van der Waals surface area contributed by atoms with Crippen molar-refractivity contribution in [2.45, 2.75) is 32.9 Å². The van der Waals surface area contributed by atoms with Crippen molar-refractivity contribution < 1.29 is 19.1 Å². The maximum Gasteiger partial charge on any atom is 0.344 e. The summed E-state index contributed by atoms with van der Waals surface area (Å²) in [4.78, 5) is 56.1. The summed E-state index contributed by atoms with van der Waals surface area (Å²) >= 11 is 0. The molecule has 1 saturated heterocycles. The molecule has 1 aromatic carbocycles. The number of fused-ring (bicyclic) bond motifs is 1. The minimum atomic E-state index is -1.42. The highest BCUT2D eigenvalue weighted by Gasteiger charge is 2.50. The summed E-state index contributed by atoms with van der Waals surface area (Å²) in [5.41, 5.74) is 1.79. The van der Waals surface area contributed by atoms with Gasteiger partial charge in [-0.3, -0.25) is 19.8 Å². The Morgan fingerprint density at radius 1 is 1.21 bits per heavy atom. The average molecular weight is 449 g/mol. The average Bonchev–Trinajstić information content (AvgIpc) is 3.03. The number of nitrogens with zero attached hydrogens (tertiary/aromatic N) is 3. The summed E-state index contributed by atoms with van der Waals surface area (Å²) in [6.07, 6.45) is 1.38. The summed E-state index contributed by atoms with van der Waals surface area (Å²) in [6.45, 7) is 5.65.